The maximum Gasteiger partial charge on any atom is 0.323 e. The molecule has 0 saturated carbocycles. The summed E-state index contributed by atoms with van der Waals surface area (Å²) in [4.78, 5) is 35.6. The number of fused-ring (bicyclic) bond motifs is 1. The summed E-state index contributed by atoms with van der Waals surface area (Å²) < 4.78 is 5.18. The third-order valence-electron chi connectivity index (χ3n) is 3.54. The van der Waals surface area contributed by atoms with Crippen molar-refractivity contribution >= 4 is 45.7 Å². The maximum atomic E-state index is 12.1. The molecule has 0 aliphatic carbocycles. The van der Waals surface area contributed by atoms with Gasteiger partial charge in [-0.05, 0) is 52.4 Å². The molecule has 1 heterocycles. The van der Waals surface area contributed by atoms with Gasteiger partial charge in [-0.3, -0.25) is 19.3 Å². The van der Waals surface area contributed by atoms with Crippen LogP contribution in [0.2, 0.25) is 0 Å². The highest BCUT2D eigenvalue weighted by Gasteiger charge is 2.36. The van der Waals surface area contributed by atoms with Crippen molar-refractivity contribution in [2.75, 3.05) is 13.7 Å². The summed E-state index contributed by atoms with van der Waals surface area (Å²) in [6.07, 6.45) is 1.59. The van der Waals surface area contributed by atoms with Crippen LogP contribution in [0.15, 0.2) is 41.3 Å². The SMILES string of the molecule is COc1ccc2cc(/C=C3/SC(=O)N(CC(=O)O)C3=O)ccc2c1. The van der Waals surface area contributed by atoms with E-state index >= 15 is 0 Å². The zero-order chi connectivity index (χ0) is 17.3. The normalized spacial score (nSPS) is 16.2. The summed E-state index contributed by atoms with van der Waals surface area (Å²) in [5, 5.41) is 10.1. The number of rotatable bonds is 4. The van der Waals surface area contributed by atoms with Gasteiger partial charge in [0.1, 0.15) is 12.3 Å². The number of benzene rings is 2. The van der Waals surface area contributed by atoms with Crippen molar-refractivity contribution in [2.45, 2.75) is 0 Å². The number of ether oxygens (including phenoxy) is 1. The van der Waals surface area contributed by atoms with Crippen molar-refractivity contribution in [1.82, 2.24) is 4.90 Å². The molecule has 1 aliphatic heterocycles. The molecule has 122 valence electrons. The summed E-state index contributed by atoms with van der Waals surface area (Å²) in [6.45, 7) is -0.625. The lowest BCUT2D eigenvalue weighted by Crippen LogP contribution is -2.33. The molecule has 2 aromatic carbocycles. The molecule has 1 aliphatic rings. The van der Waals surface area contributed by atoms with Crippen LogP contribution in [0.5, 0.6) is 5.75 Å². The van der Waals surface area contributed by atoms with Crippen molar-refractivity contribution in [3.05, 3.63) is 46.9 Å². The lowest BCUT2D eigenvalue weighted by Gasteiger charge is -2.07. The van der Waals surface area contributed by atoms with Crippen LogP contribution in [0, 0.1) is 0 Å². The van der Waals surface area contributed by atoms with E-state index in [1.165, 1.54) is 0 Å². The second kappa shape index (κ2) is 6.37. The number of imide groups is 1. The molecule has 2 amide bonds. The van der Waals surface area contributed by atoms with Crippen molar-refractivity contribution in [2.24, 2.45) is 0 Å². The monoisotopic (exact) mass is 343 g/mol. The molecule has 0 unspecified atom stereocenters. The Morgan fingerprint density at radius 3 is 2.62 bits per heavy atom. The third kappa shape index (κ3) is 3.11. The molecule has 1 saturated heterocycles. The predicted octanol–water partition coefficient (Wildman–Crippen LogP) is 2.97. The summed E-state index contributed by atoms with van der Waals surface area (Å²) in [7, 11) is 1.60. The van der Waals surface area contributed by atoms with Gasteiger partial charge < -0.3 is 9.84 Å². The van der Waals surface area contributed by atoms with E-state index in [0.717, 1.165) is 38.7 Å². The van der Waals surface area contributed by atoms with E-state index in [4.69, 9.17) is 9.84 Å². The number of hydrogen-bond acceptors (Lipinski definition) is 5. The van der Waals surface area contributed by atoms with E-state index in [9.17, 15) is 14.4 Å². The Balaban J connectivity index is 1.91. The molecule has 0 atom stereocenters. The molecule has 1 N–H and O–H groups in total. The third-order valence-corrected chi connectivity index (χ3v) is 4.44. The largest absolute Gasteiger partial charge is 0.497 e. The van der Waals surface area contributed by atoms with E-state index < -0.39 is 23.7 Å². The fraction of sp³-hybridized carbons (Fsp3) is 0.118. The smallest absolute Gasteiger partial charge is 0.323 e. The molecule has 0 aromatic heterocycles. The topological polar surface area (TPSA) is 83.9 Å². The number of carboxylic acid groups (broad SMARTS) is 1. The Kier molecular flexibility index (Phi) is 4.26. The number of carbonyl (C=O) groups excluding carboxylic acids is 2. The zero-order valence-corrected chi connectivity index (χ0v) is 13.5. The number of thioether (sulfide) groups is 1. The number of aliphatic carboxylic acids is 1. The van der Waals surface area contributed by atoms with Crippen LogP contribution in [0.3, 0.4) is 0 Å². The summed E-state index contributed by atoms with van der Waals surface area (Å²) in [5.74, 6) is -1.05. The number of nitrogens with zero attached hydrogens (tertiary/aromatic N) is 1. The maximum absolute atomic E-state index is 12.1. The van der Waals surface area contributed by atoms with Crippen molar-refractivity contribution in [1.29, 1.82) is 0 Å². The Labute approximate surface area is 141 Å². The molecular formula is C17H13NO5S. The van der Waals surface area contributed by atoms with E-state index in [-0.39, 0.29) is 4.91 Å². The van der Waals surface area contributed by atoms with Gasteiger partial charge in [0.2, 0.25) is 0 Å². The van der Waals surface area contributed by atoms with Gasteiger partial charge in [0.15, 0.2) is 0 Å². The number of hydrogen-bond donors (Lipinski definition) is 1. The summed E-state index contributed by atoms with van der Waals surface area (Å²) in [6, 6.07) is 11.3. The van der Waals surface area contributed by atoms with Gasteiger partial charge in [-0.1, -0.05) is 18.2 Å². The van der Waals surface area contributed by atoms with Crippen molar-refractivity contribution in [3.8, 4) is 5.75 Å². The molecule has 6 nitrogen and oxygen atoms in total. The average molecular weight is 343 g/mol. The number of carbonyl (C=O) groups is 3. The molecular weight excluding hydrogens is 330 g/mol. The summed E-state index contributed by atoms with van der Waals surface area (Å²) in [5.41, 5.74) is 0.758. The number of amides is 2. The van der Waals surface area contributed by atoms with Crippen LogP contribution in [0.4, 0.5) is 4.79 Å². The standard InChI is InChI=1S/C17H13NO5S/c1-23-13-5-4-11-6-10(2-3-12(11)8-13)7-14-16(21)18(9-15(19)20)17(22)24-14/h2-8H,9H2,1H3,(H,19,20)/b14-7+. The quantitative estimate of drug-likeness (QED) is 0.859. The Morgan fingerprint density at radius 2 is 1.92 bits per heavy atom. The Bertz CT molecular complexity index is 890. The van der Waals surface area contributed by atoms with Gasteiger partial charge in [0.25, 0.3) is 11.1 Å². The van der Waals surface area contributed by atoms with Gasteiger partial charge in [-0.15, -0.1) is 0 Å². The van der Waals surface area contributed by atoms with Gasteiger partial charge in [-0.2, -0.15) is 0 Å². The predicted molar refractivity (Wildman–Crippen MR) is 90.8 cm³/mol. The first kappa shape index (κ1) is 16.1. The van der Waals surface area contributed by atoms with Crippen LogP contribution >= 0.6 is 11.8 Å². The molecule has 0 bridgehead atoms. The van der Waals surface area contributed by atoms with Gasteiger partial charge >= 0.3 is 5.97 Å². The van der Waals surface area contributed by atoms with E-state index in [1.807, 2.05) is 36.4 Å². The molecule has 0 radical (unpaired) electrons. The Hall–Kier alpha value is -2.80. The highest BCUT2D eigenvalue weighted by atomic mass is 32.2. The average Bonchev–Trinajstić information content (AvgIpc) is 2.81. The first-order valence-electron chi connectivity index (χ1n) is 7.03. The number of carboxylic acids is 1. The summed E-state index contributed by atoms with van der Waals surface area (Å²) >= 11 is 0.745. The van der Waals surface area contributed by atoms with Crippen LogP contribution in [-0.2, 0) is 9.59 Å². The van der Waals surface area contributed by atoms with E-state index in [0.29, 0.717) is 0 Å². The Morgan fingerprint density at radius 1 is 1.21 bits per heavy atom. The van der Waals surface area contributed by atoms with Gasteiger partial charge in [0.05, 0.1) is 12.0 Å². The van der Waals surface area contributed by atoms with Crippen LogP contribution in [0.1, 0.15) is 5.56 Å². The number of methoxy groups -OCH3 is 1. The minimum absolute atomic E-state index is 0.217. The highest BCUT2D eigenvalue weighted by Crippen LogP contribution is 2.32. The molecule has 1 fully saturated rings. The van der Waals surface area contributed by atoms with Crippen molar-refractivity contribution in [3.63, 3.8) is 0 Å². The van der Waals surface area contributed by atoms with Crippen LogP contribution < -0.4 is 4.74 Å². The second-order valence-corrected chi connectivity index (χ2v) is 6.13. The molecule has 0 spiro atoms. The van der Waals surface area contributed by atoms with Crippen LogP contribution in [-0.4, -0.2) is 40.8 Å². The van der Waals surface area contributed by atoms with E-state index in [1.54, 1.807) is 13.2 Å². The minimum atomic E-state index is -1.22. The zero-order valence-electron chi connectivity index (χ0n) is 12.7. The lowest BCUT2D eigenvalue weighted by molar-refractivity contribution is -0.140. The van der Waals surface area contributed by atoms with E-state index in [2.05, 4.69) is 0 Å². The fourth-order valence-electron chi connectivity index (χ4n) is 2.38. The van der Waals surface area contributed by atoms with Crippen molar-refractivity contribution < 1.29 is 24.2 Å². The van der Waals surface area contributed by atoms with Gasteiger partial charge in [0, 0.05) is 0 Å². The second-order valence-electron chi connectivity index (χ2n) is 5.13. The first-order chi connectivity index (χ1) is 11.5. The lowest BCUT2D eigenvalue weighted by atomic mass is 10.1. The molecule has 7 heteroatoms. The van der Waals surface area contributed by atoms with Crippen LogP contribution in [0.25, 0.3) is 16.8 Å². The molecule has 24 heavy (non-hydrogen) atoms. The molecule has 2 aromatic rings. The molecule has 3 rings (SSSR count). The first-order valence-corrected chi connectivity index (χ1v) is 7.84. The fourth-order valence-corrected chi connectivity index (χ4v) is 3.22. The minimum Gasteiger partial charge on any atom is -0.497 e. The van der Waals surface area contributed by atoms with Gasteiger partial charge in [-0.25, -0.2) is 0 Å². The highest BCUT2D eigenvalue weighted by molar-refractivity contribution is 8.18.